The minimum absolute atomic E-state index is 0.127. The molecule has 1 unspecified atom stereocenters. The summed E-state index contributed by atoms with van der Waals surface area (Å²) in [5.74, 6) is -0.781. The fraction of sp³-hybridized carbons (Fsp3) is 0.435. The predicted molar refractivity (Wildman–Crippen MR) is 115 cm³/mol. The Bertz CT molecular complexity index is 960. The van der Waals surface area contributed by atoms with E-state index in [0.29, 0.717) is 29.9 Å². The van der Waals surface area contributed by atoms with E-state index in [9.17, 15) is 14.0 Å². The number of esters is 1. The van der Waals surface area contributed by atoms with Gasteiger partial charge in [0.1, 0.15) is 16.8 Å². The van der Waals surface area contributed by atoms with E-state index in [0.717, 1.165) is 5.57 Å². The number of benzene rings is 1. The van der Waals surface area contributed by atoms with Crippen LogP contribution in [0.15, 0.2) is 52.7 Å². The van der Waals surface area contributed by atoms with Crippen LogP contribution in [0.25, 0.3) is 0 Å². The van der Waals surface area contributed by atoms with Gasteiger partial charge < -0.3 is 20.1 Å². The Morgan fingerprint density at radius 2 is 1.94 bits per heavy atom. The first kappa shape index (κ1) is 22.5. The number of carbonyl (C=O) groups is 2. The van der Waals surface area contributed by atoms with Gasteiger partial charge in [0, 0.05) is 25.2 Å². The van der Waals surface area contributed by atoms with Gasteiger partial charge in [0.25, 0.3) is 0 Å². The van der Waals surface area contributed by atoms with Crippen LogP contribution in [-0.2, 0) is 14.3 Å². The number of nitrogens with two attached hydrogens (primary N) is 1. The molecular weight excluding hydrogens is 401 g/mol. The highest BCUT2D eigenvalue weighted by atomic mass is 19.1. The van der Waals surface area contributed by atoms with Crippen LogP contribution < -0.4 is 5.73 Å². The van der Waals surface area contributed by atoms with Crippen LogP contribution in [-0.4, -0.2) is 48.5 Å². The molecule has 0 radical (unpaired) electrons. The van der Waals surface area contributed by atoms with Gasteiger partial charge in [0.2, 0.25) is 0 Å². The Hall–Kier alpha value is -3.16. The van der Waals surface area contributed by atoms with Crippen molar-refractivity contribution in [1.29, 1.82) is 0 Å². The van der Waals surface area contributed by atoms with Gasteiger partial charge in [0.15, 0.2) is 0 Å². The SMILES string of the molecule is COC(=O)C12C/C(=C/N)C(=Nc3ccc(F)cc3)CC1=CCN(C(=O)OC(C)(C)C)C2. The molecule has 0 bridgehead atoms. The molecule has 31 heavy (non-hydrogen) atoms. The number of ether oxygens (including phenoxy) is 2. The van der Waals surface area contributed by atoms with E-state index in [1.54, 1.807) is 32.9 Å². The van der Waals surface area contributed by atoms with E-state index in [1.165, 1.54) is 30.3 Å². The Labute approximate surface area is 181 Å². The van der Waals surface area contributed by atoms with E-state index in [2.05, 4.69) is 4.99 Å². The third-order valence-corrected chi connectivity index (χ3v) is 5.37. The fourth-order valence-electron chi connectivity index (χ4n) is 3.91. The van der Waals surface area contributed by atoms with Gasteiger partial charge in [-0.3, -0.25) is 9.79 Å². The van der Waals surface area contributed by atoms with Gasteiger partial charge in [-0.1, -0.05) is 6.08 Å². The van der Waals surface area contributed by atoms with E-state index < -0.39 is 23.1 Å². The van der Waals surface area contributed by atoms with Gasteiger partial charge in [-0.15, -0.1) is 0 Å². The lowest BCUT2D eigenvalue weighted by Crippen LogP contribution is -2.53. The topological polar surface area (TPSA) is 94.2 Å². The first-order valence-electron chi connectivity index (χ1n) is 10.1. The molecule has 7 nitrogen and oxygen atoms in total. The van der Waals surface area contributed by atoms with Gasteiger partial charge in [-0.05, 0) is 68.8 Å². The maximum Gasteiger partial charge on any atom is 0.410 e. The zero-order valence-electron chi connectivity index (χ0n) is 18.3. The first-order valence-corrected chi connectivity index (χ1v) is 10.1. The summed E-state index contributed by atoms with van der Waals surface area (Å²) in [5, 5.41) is 0. The highest BCUT2D eigenvalue weighted by Crippen LogP contribution is 2.46. The van der Waals surface area contributed by atoms with Crippen molar-refractivity contribution in [3.8, 4) is 0 Å². The van der Waals surface area contributed by atoms with Gasteiger partial charge in [-0.25, -0.2) is 9.18 Å². The second kappa shape index (κ2) is 8.53. The molecule has 1 aliphatic carbocycles. The molecule has 3 rings (SSSR count). The van der Waals surface area contributed by atoms with Gasteiger partial charge in [-0.2, -0.15) is 0 Å². The van der Waals surface area contributed by atoms with Crippen molar-refractivity contribution in [2.24, 2.45) is 16.1 Å². The van der Waals surface area contributed by atoms with E-state index in [4.69, 9.17) is 15.2 Å². The zero-order valence-corrected chi connectivity index (χ0v) is 18.3. The molecule has 1 aliphatic heterocycles. The summed E-state index contributed by atoms with van der Waals surface area (Å²) in [5.41, 5.74) is 6.98. The number of aliphatic imine (C=N–C) groups is 1. The van der Waals surface area contributed by atoms with Crippen molar-refractivity contribution in [3.05, 3.63) is 53.5 Å². The van der Waals surface area contributed by atoms with Crippen LogP contribution in [0, 0.1) is 11.2 Å². The molecule has 1 atom stereocenters. The van der Waals surface area contributed by atoms with Crippen LogP contribution in [0.1, 0.15) is 33.6 Å². The minimum Gasteiger partial charge on any atom is -0.468 e. The van der Waals surface area contributed by atoms with Crippen LogP contribution in [0.5, 0.6) is 0 Å². The second-order valence-electron chi connectivity index (χ2n) is 8.74. The molecule has 2 aliphatic rings. The molecule has 0 spiro atoms. The number of hydrogen-bond acceptors (Lipinski definition) is 6. The Balaban J connectivity index is 1.97. The molecule has 1 fully saturated rings. The van der Waals surface area contributed by atoms with Crippen LogP contribution in [0.4, 0.5) is 14.9 Å². The van der Waals surface area contributed by atoms with Crippen molar-refractivity contribution in [2.45, 2.75) is 39.2 Å². The second-order valence-corrected chi connectivity index (χ2v) is 8.74. The van der Waals surface area contributed by atoms with Crippen molar-refractivity contribution >= 4 is 23.5 Å². The Kier molecular flexibility index (Phi) is 6.20. The summed E-state index contributed by atoms with van der Waals surface area (Å²) < 4.78 is 23.9. The standard InChI is InChI=1S/C23H28FN3O4/c1-22(2,3)31-21(29)27-10-9-16-11-19(26-18-7-5-17(24)6-8-18)15(13-25)12-23(16,14-27)20(28)30-4/h5-9,13H,10-12,14,25H2,1-4H3/b15-13-,26-19?. The Morgan fingerprint density at radius 1 is 1.26 bits per heavy atom. The van der Waals surface area contributed by atoms with Crippen molar-refractivity contribution < 1.29 is 23.5 Å². The molecule has 0 saturated heterocycles. The molecule has 1 amide bonds. The zero-order chi connectivity index (χ0) is 22.8. The summed E-state index contributed by atoms with van der Waals surface area (Å²) in [6.45, 7) is 5.82. The number of rotatable bonds is 2. The number of methoxy groups -OCH3 is 1. The van der Waals surface area contributed by atoms with Gasteiger partial charge in [0.05, 0.1) is 12.8 Å². The normalized spacial score (nSPS) is 23.9. The van der Waals surface area contributed by atoms with Crippen molar-refractivity contribution in [3.63, 3.8) is 0 Å². The highest BCUT2D eigenvalue weighted by Gasteiger charge is 2.51. The highest BCUT2D eigenvalue weighted by molar-refractivity contribution is 6.06. The van der Waals surface area contributed by atoms with Crippen molar-refractivity contribution in [2.75, 3.05) is 20.2 Å². The van der Waals surface area contributed by atoms with E-state index in [-0.39, 0.29) is 18.8 Å². The maximum absolute atomic E-state index is 13.2. The Morgan fingerprint density at radius 3 is 2.52 bits per heavy atom. The molecule has 1 saturated carbocycles. The summed E-state index contributed by atoms with van der Waals surface area (Å²) in [6, 6.07) is 5.84. The monoisotopic (exact) mass is 429 g/mol. The summed E-state index contributed by atoms with van der Waals surface area (Å²) in [6.07, 6.45) is 3.41. The third kappa shape index (κ3) is 4.78. The smallest absolute Gasteiger partial charge is 0.410 e. The lowest BCUT2D eigenvalue weighted by atomic mass is 9.66. The molecule has 2 N–H and O–H groups in total. The number of amides is 1. The number of fused-ring (bicyclic) bond motifs is 1. The lowest BCUT2D eigenvalue weighted by Gasteiger charge is -2.44. The average Bonchev–Trinajstić information content (AvgIpc) is 2.72. The van der Waals surface area contributed by atoms with Crippen molar-refractivity contribution in [1.82, 2.24) is 4.90 Å². The third-order valence-electron chi connectivity index (χ3n) is 5.37. The molecule has 1 aromatic rings. The number of hydrogen-bond donors (Lipinski definition) is 1. The number of nitrogens with zero attached hydrogens (tertiary/aromatic N) is 2. The largest absolute Gasteiger partial charge is 0.468 e. The number of carbonyl (C=O) groups excluding carboxylic acids is 2. The average molecular weight is 429 g/mol. The predicted octanol–water partition coefficient (Wildman–Crippen LogP) is 3.87. The summed E-state index contributed by atoms with van der Waals surface area (Å²) in [4.78, 5) is 31.7. The molecule has 166 valence electrons. The lowest BCUT2D eigenvalue weighted by molar-refractivity contribution is -0.151. The fourth-order valence-corrected chi connectivity index (χ4v) is 3.91. The molecular formula is C23H28FN3O4. The maximum atomic E-state index is 13.2. The molecule has 1 aromatic carbocycles. The minimum atomic E-state index is -1.06. The summed E-state index contributed by atoms with van der Waals surface area (Å²) in [7, 11) is 1.33. The number of halogens is 1. The quantitative estimate of drug-likeness (QED) is 0.569. The molecule has 1 heterocycles. The van der Waals surface area contributed by atoms with E-state index in [1.807, 2.05) is 6.08 Å². The van der Waals surface area contributed by atoms with Crippen LogP contribution in [0.3, 0.4) is 0 Å². The number of allylic oxidation sites excluding steroid dienone is 1. The van der Waals surface area contributed by atoms with E-state index >= 15 is 0 Å². The van der Waals surface area contributed by atoms with Crippen LogP contribution >= 0.6 is 0 Å². The molecule has 0 aromatic heterocycles. The summed E-state index contributed by atoms with van der Waals surface area (Å²) >= 11 is 0. The van der Waals surface area contributed by atoms with Crippen LogP contribution in [0.2, 0.25) is 0 Å². The van der Waals surface area contributed by atoms with Gasteiger partial charge >= 0.3 is 12.1 Å². The molecule has 8 heteroatoms. The first-order chi connectivity index (χ1) is 14.6.